The third-order valence-electron chi connectivity index (χ3n) is 5.65. The largest absolute Gasteiger partial charge is 0.496 e. The highest BCUT2D eigenvalue weighted by molar-refractivity contribution is 5.94. The summed E-state index contributed by atoms with van der Waals surface area (Å²) in [7, 11) is 4.71. The van der Waals surface area contributed by atoms with E-state index in [1.807, 2.05) is 0 Å². The first kappa shape index (κ1) is 27.9. The number of unbranched alkanes of at least 4 members (excludes halogenated alkanes) is 11. The summed E-state index contributed by atoms with van der Waals surface area (Å²) in [6.07, 6.45) is 21.4. The number of benzene rings is 1. The number of ether oxygens (including phenoxy) is 3. The van der Waals surface area contributed by atoms with Crippen LogP contribution in [0.1, 0.15) is 96.8 Å². The molecule has 0 bridgehead atoms. The van der Waals surface area contributed by atoms with Crippen LogP contribution in [0, 0.1) is 0 Å². The van der Waals surface area contributed by atoms with E-state index in [9.17, 15) is 4.79 Å². The smallest absolute Gasteiger partial charge is 0.224 e. The number of rotatable bonds is 19. The lowest BCUT2D eigenvalue weighted by molar-refractivity contribution is -0.116. The van der Waals surface area contributed by atoms with Crippen molar-refractivity contribution in [3.63, 3.8) is 0 Å². The lowest BCUT2D eigenvalue weighted by Crippen LogP contribution is -2.13. The Bertz CT molecular complexity index is 632. The van der Waals surface area contributed by atoms with Gasteiger partial charge in [-0.3, -0.25) is 4.79 Å². The van der Waals surface area contributed by atoms with Crippen molar-refractivity contribution < 1.29 is 19.0 Å². The Morgan fingerprint density at radius 2 is 1.25 bits per heavy atom. The molecule has 0 spiro atoms. The summed E-state index contributed by atoms with van der Waals surface area (Å²) < 4.78 is 16.0. The number of carbonyl (C=O) groups excluding carboxylic acids is 1. The van der Waals surface area contributed by atoms with Gasteiger partial charge in [0.25, 0.3) is 0 Å². The van der Waals surface area contributed by atoms with E-state index >= 15 is 0 Å². The van der Waals surface area contributed by atoms with E-state index in [1.54, 1.807) is 33.5 Å². The molecule has 0 aliphatic carbocycles. The molecule has 1 aromatic carbocycles. The van der Waals surface area contributed by atoms with Gasteiger partial charge in [-0.25, -0.2) is 0 Å². The molecule has 0 saturated heterocycles. The fraction of sp³-hybridized carbons (Fsp3) is 0.667. The summed E-state index contributed by atoms with van der Waals surface area (Å²) in [6.45, 7) is 2.26. The Hall–Kier alpha value is -2.17. The van der Waals surface area contributed by atoms with Crippen molar-refractivity contribution in [1.29, 1.82) is 0 Å². The Kier molecular flexibility index (Phi) is 16.0. The van der Waals surface area contributed by atoms with E-state index in [2.05, 4.69) is 24.4 Å². The topological polar surface area (TPSA) is 56.8 Å². The molecule has 0 aromatic heterocycles. The summed E-state index contributed by atoms with van der Waals surface area (Å²) in [5.41, 5.74) is 0.550. The summed E-state index contributed by atoms with van der Waals surface area (Å²) in [5.74, 6) is 1.65. The number of hydrogen-bond donors (Lipinski definition) is 1. The van der Waals surface area contributed by atoms with Crippen LogP contribution in [0.5, 0.6) is 17.2 Å². The molecule has 1 rings (SSSR count). The van der Waals surface area contributed by atoms with Crippen LogP contribution in [-0.4, -0.2) is 27.2 Å². The molecule has 5 nitrogen and oxygen atoms in total. The Balaban J connectivity index is 2.13. The second-order valence-corrected chi connectivity index (χ2v) is 8.29. The number of nitrogens with one attached hydrogen (secondary N) is 1. The summed E-state index contributed by atoms with van der Waals surface area (Å²) >= 11 is 0. The zero-order chi connectivity index (χ0) is 23.4. The van der Waals surface area contributed by atoms with Gasteiger partial charge in [-0.15, -0.1) is 0 Å². The molecule has 0 heterocycles. The average Bonchev–Trinajstić information content (AvgIpc) is 2.81. The van der Waals surface area contributed by atoms with Gasteiger partial charge in [0.2, 0.25) is 5.91 Å². The van der Waals surface area contributed by atoms with E-state index < -0.39 is 0 Å². The number of carbonyl (C=O) groups is 1. The van der Waals surface area contributed by atoms with E-state index in [4.69, 9.17) is 14.2 Å². The van der Waals surface area contributed by atoms with Crippen LogP contribution in [0.4, 0.5) is 5.69 Å². The molecule has 182 valence electrons. The Morgan fingerprint density at radius 1 is 0.750 bits per heavy atom. The third kappa shape index (κ3) is 12.0. The first-order valence-electron chi connectivity index (χ1n) is 12.4. The van der Waals surface area contributed by atoms with E-state index in [-0.39, 0.29) is 5.91 Å². The number of amides is 1. The Morgan fingerprint density at radius 3 is 1.75 bits per heavy atom. The molecular weight excluding hydrogens is 402 g/mol. The maximum atomic E-state index is 12.4. The maximum Gasteiger partial charge on any atom is 0.224 e. The zero-order valence-corrected chi connectivity index (χ0v) is 20.8. The fourth-order valence-electron chi connectivity index (χ4n) is 3.69. The number of hydrogen-bond acceptors (Lipinski definition) is 4. The second-order valence-electron chi connectivity index (χ2n) is 8.29. The van der Waals surface area contributed by atoms with Gasteiger partial charge in [0.1, 0.15) is 22.9 Å². The maximum absolute atomic E-state index is 12.4. The quantitative estimate of drug-likeness (QED) is 0.174. The number of anilines is 1. The lowest BCUT2D eigenvalue weighted by Gasteiger charge is -2.15. The minimum Gasteiger partial charge on any atom is -0.496 e. The van der Waals surface area contributed by atoms with E-state index in [1.165, 1.54) is 70.6 Å². The highest BCUT2D eigenvalue weighted by Gasteiger charge is 2.15. The molecule has 0 aliphatic rings. The highest BCUT2D eigenvalue weighted by atomic mass is 16.5. The lowest BCUT2D eigenvalue weighted by atomic mass is 10.1. The minimum atomic E-state index is -0.0237. The predicted octanol–water partition coefficient (Wildman–Crippen LogP) is 7.69. The highest BCUT2D eigenvalue weighted by Crippen LogP contribution is 2.39. The molecule has 1 aromatic rings. The zero-order valence-electron chi connectivity index (χ0n) is 20.8. The third-order valence-corrected chi connectivity index (χ3v) is 5.65. The van der Waals surface area contributed by atoms with Crippen molar-refractivity contribution in [2.45, 2.75) is 96.8 Å². The molecular formula is C27H45NO4. The fourth-order valence-corrected chi connectivity index (χ4v) is 3.69. The summed E-state index contributed by atoms with van der Waals surface area (Å²) in [4.78, 5) is 12.4. The molecule has 32 heavy (non-hydrogen) atoms. The molecule has 0 atom stereocenters. The van der Waals surface area contributed by atoms with Gasteiger partial charge in [-0.1, -0.05) is 70.4 Å². The van der Waals surface area contributed by atoms with Crippen molar-refractivity contribution in [1.82, 2.24) is 0 Å². The molecule has 1 amide bonds. The first-order valence-corrected chi connectivity index (χ1v) is 12.4. The van der Waals surface area contributed by atoms with Gasteiger partial charge < -0.3 is 19.5 Å². The van der Waals surface area contributed by atoms with Crippen molar-refractivity contribution in [3.05, 3.63) is 24.3 Å². The van der Waals surface area contributed by atoms with Gasteiger partial charge in [-0.05, 0) is 32.1 Å². The van der Waals surface area contributed by atoms with Crippen LogP contribution < -0.4 is 19.5 Å². The summed E-state index contributed by atoms with van der Waals surface area (Å²) in [6, 6.07) is 3.47. The van der Waals surface area contributed by atoms with Gasteiger partial charge in [0, 0.05) is 18.6 Å². The van der Waals surface area contributed by atoms with Crippen LogP contribution >= 0.6 is 0 Å². The van der Waals surface area contributed by atoms with Crippen LogP contribution in [-0.2, 0) is 4.79 Å². The normalized spacial score (nSPS) is 11.0. The van der Waals surface area contributed by atoms with E-state index in [0.717, 1.165) is 12.8 Å². The molecule has 0 radical (unpaired) electrons. The van der Waals surface area contributed by atoms with Crippen LogP contribution in [0.2, 0.25) is 0 Å². The summed E-state index contributed by atoms with van der Waals surface area (Å²) in [5, 5.41) is 2.93. The van der Waals surface area contributed by atoms with E-state index in [0.29, 0.717) is 29.4 Å². The van der Waals surface area contributed by atoms with Crippen LogP contribution in [0.25, 0.3) is 0 Å². The SMILES string of the molecule is CCCCCCCCC=CCCCCCCCC(=O)Nc1c(OC)cc(OC)cc1OC. The van der Waals surface area contributed by atoms with Crippen LogP contribution in [0.3, 0.4) is 0 Å². The van der Waals surface area contributed by atoms with Crippen molar-refractivity contribution in [2.24, 2.45) is 0 Å². The second kappa shape index (κ2) is 18.4. The molecule has 0 fully saturated rings. The number of allylic oxidation sites excluding steroid dienone is 2. The molecule has 0 unspecified atom stereocenters. The monoisotopic (exact) mass is 447 g/mol. The van der Waals surface area contributed by atoms with Gasteiger partial charge in [-0.2, -0.15) is 0 Å². The predicted molar refractivity (Wildman–Crippen MR) is 134 cm³/mol. The first-order chi connectivity index (χ1) is 15.7. The van der Waals surface area contributed by atoms with Gasteiger partial charge in [0.05, 0.1) is 21.3 Å². The molecule has 0 saturated carbocycles. The Labute approximate surface area is 195 Å². The average molecular weight is 448 g/mol. The standard InChI is InChI=1S/C27H45NO4/c1-5-6-7-8-9-10-11-12-13-14-15-16-17-18-19-20-26(29)28-27-24(31-3)21-23(30-2)22-25(27)32-4/h12-13,21-22H,5-11,14-20H2,1-4H3,(H,28,29). The van der Waals surface area contributed by atoms with Gasteiger partial charge in [0.15, 0.2) is 0 Å². The molecule has 0 aliphatic heterocycles. The minimum absolute atomic E-state index is 0.0237. The van der Waals surface area contributed by atoms with Gasteiger partial charge >= 0.3 is 0 Å². The van der Waals surface area contributed by atoms with Crippen molar-refractivity contribution >= 4 is 11.6 Å². The molecule has 1 N–H and O–H groups in total. The van der Waals surface area contributed by atoms with Crippen LogP contribution in [0.15, 0.2) is 24.3 Å². The molecule has 5 heteroatoms. The van der Waals surface area contributed by atoms with Crippen molar-refractivity contribution in [3.8, 4) is 17.2 Å². The number of methoxy groups -OCH3 is 3. The van der Waals surface area contributed by atoms with Crippen molar-refractivity contribution in [2.75, 3.05) is 26.6 Å².